The number of aryl methyl sites for hydroxylation is 2. The lowest BCUT2D eigenvalue weighted by atomic mass is 10.0. The Bertz CT molecular complexity index is 1510. The maximum atomic E-state index is 13.4. The Morgan fingerprint density at radius 3 is 2.40 bits per heavy atom. The van der Waals surface area contributed by atoms with Gasteiger partial charge in [0.15, 0.2) is 0 Å². The second-order valence-corrected chi connectivity index (χ2v) is 10.6. The van der Waals surface area contributed by atoms with Crippen molar-refractivity contribution in [3.8, 4) is 0 Å². The van der Waals surface area contributed by atoms with Crippen molar-refractivity contribution in [1.29, 1.82) is 0 Å². The molecule has 0 saturated carbocycles. The smallest absolute Gasteiger partial charge is 0.263 e. The van der Waals surface area contributed by atoms with E-state index in [2.05, 4.69) is 4.72 Å². The van der Waals surface area contributed by atoms with E-state index in [1.165, 1.54) is 12.1 Å². The molecule has 1 N–H and O–H groups in total. The number of likely N-dealkylation sites (tertiary alicyclic amines) is 1. The standard InChI is InChI=1S/C27H26FN3O3S/c1-18-7-13-21(14-8-18)35(33,34)29-27-26(22-5-3-4-6-23(22)30(27)2)24-15-16-25(32)31(24)17-19-9-11-20(28)12-10-19/h3-14,24,29H,15-17H2,1-2H3/t24-/m1/s1. The van der Waals surface area contributed by atoms with Gasteiger partial charge in [-0.2, -0.15) is 0 Å². The van der Waals surface area contributed by atoms with Crippen molar-refractivity contribution >= 4 is 32.7 Å². The zero-order valence-electron chi connectivity index (χ0n) is 19.5. The van der Waals surface area contributed by atoms with Crippen LogP contribution in [0.25, 0.3) is 10.9 Å². The van der Waals surface area contributed by atoms with Crippen LogP contribution in [0.4, 0.5) is 10.2 Å². The largest absolute Gasteiger partial charge is 0.331 e. The van der Waals surface area contributed by atoms with E-state index in [1.807, 2.05) is 42.8 Å². The lowest BCUT2D eigenvalue weighted by Crippen LogP contribution is -2.28. The number of para-hydroxylation sites is 1. The number of rotatable bonds is 6. The Morgan fingerprint density at radius 1 is 1.00 bits per heavy atom. The van der Waals surface area contributed by atoms with E-state index < -0.39 is 10.0 Å². The van der Waals surface area contributed by atoms with Crippen LogP contribution in [0.15, 0.2) is 77.7 Å². The molecule has 0 bridgehead atoms. The third-order valence-corrected chi connectivity index (χ3v) is 7.99. The zero-order valence-corrected chi connectivity index (χ0v) is 20.3. The van der Waals surface area contributed by atoms with Crippen LogP contribution in [-0.2, 0) is 28.4 Å². The summed E-state index contributed by atoms with van der Waals surface area (Å²) in [6.07, 6.45) is 0.923. The van der Waals surface area contributed by atoms with Crippen molar-refractivity contribution in [1.82, 2.24) is 9.47 Å². The molecule has 1 amide bonds. The van der Waals surface area contributed by atoms with Gasteiger partial charge in [-0.3, -0.25) is 9.52 Å². The number of benzene rings is 3. The van der Waals surface area contributed by atoms with Crippen molar-refractivity contribution in [3.05, 3.63) is 95.3 Å². The first kappa shape index (κ1) is 23.1. The Morgan fingerprint density at radius 2 is 1.69 bits per heavy atom. The molecule has 0 radical (unpaired) electrons. The van der Waals surface area contributed by atoms with Gasteiger partial charge in [-0.25, -0.2) is 12.8 Å². The predicted octanol–water partition coefficient (Wildman–Crippen LogP) is 5.29. The third-order valence-electron chi connectivity index (χ3n) is 6.64. The van der Waals surface area contributed by atoms with Gasteiger partial charge in [0.25, 0.3) is 10.0 Å². The van der Waals surface area contributed by atoms with Gasteiger partial charge < -0.3 is 9.47 Å². The van der Waals surface area contributed by atoms with Crippen molar-refractivity contribution in [2.45, 2.75) is 37.2 Å². The number of halogens is 1. The molecule has 1 aliphatic heterocycles. The highest BCUT2D eigenvalue weighted by Gasteiger charge is 2.37. The molecule has 1 atom stereocenters. The number of anilines is 1. The molecule has 5 rings (SSSR count). The van der Waals surface area contributed by atoms with Gasteiger partial charge in [0.1, 0.15) is 11.6 Å². The Labute approximate surface area is 204 Å². The van der Waals surface area contributed by atoms with Gasteiger partial charge >= 0.3 is 0 Å². The molecule has 0 unspecified atom stereocenters. The van der Waals surface area contributed by atoms with E-state index >= 15 is 0 Å². The molecule has 0 aliphatic carbocycles. The summed E-state index contributed by atoms with van der Waals surface area (Å²) in [4.78, 5) is 14.9. The van der Waals surface area contributed by atoms with Crippen LogP contribution in [0.3, 0.4) is 0 Å². The van der Waals surface area contributed by atoms with E-state index in [4.69, 9.17) is 0 Å². The first-order valence-electron chi connectivity index (χ1n) is 11.5. The first-order valence-corrected chi connectivity index (χ1v) is 12.9. The fourth-order valence-corrected chi connectivity index (χ4v) is 5.92. The Kier molecular flexibility index (Phi) is 5.84. The quantitative estimate of drug-likeness (QED) is 0.398. The summed E-state index contributed by atoms with van der Waals surface area (Å²) in [7, 11) is -2.04. The lowest BCUT2D eigenvalue weighted by molar-refractivity contribution is -0.129. The average molecular weight is 492 g/mol. The summed E-state index contributed by atoms with van der Waals surface area (Å²) in [6, 6.07) is 20.2. The molecule has 1 aromatic heterocycles. The summed E-state index contributed by atoms with van der Waals surface area (Å²) in [5.74, 6) is 0.0927. The second-order valence-electron chi connectivity index (χ2n) is 8.96. The van der Waals surface area contributed by atoms with E-state index in [9.17, 15) is 17.6 Å². The third kappa shape index (κ3) is 4.30. The molecule has 1 aliphatic rings. The maximum absolute atomic E-state index is 13.4. The van der Waals surface area contributed by atoms with E-state index in [0.717, 1.165) is 27.6 Å². The molecule has 1 saturated heterocycles. The molecule has 6 nitrogen and oxygen atoms in total. The fraction of sp³-hybridized carbons (Fsp3) is 0.222. The molecule has 0 spiro atoms. The molecule has 35 heavy (non-hydrogen) atoms. The zero-order chi connectivity index (χ0) is 24.7. The highest BCUT2D eigenvalue weighted by molar-refractivity contribution is 7.92. The summed E-state index contributed by atoms with van der Waals surface area (Å²) in [5.41, 5.74) is 3.42. The minimum atomic E-state index is -3.86. The van der Waals surface area contributed by atoms with Crippen LogP contribution in [0.1, 0.15) is 35.6 Å². The van der Waals surface area contributed by atoms with Crippen LogP contribution < -0.4 is 4.72 Å². The number of fused-ring (bicyclic) bond motifs is 1. The van der Waals surface area contributed by atoms with Crippen LogP contribution in [0.2, 0.25) is 0 Å². The Balaban J connectivity index is 1.60. The molecular weight excluding hydrogens is 465 g/mol. The highest BCUT2D eigenvalue weighted by Crippen LogP contribution is 2.43. The van der Waals surface area contributed by atoms with Gasteiger partial charge in [0.05, 0.1) is 10.9 Å². The van der Waals surface area contributed by atoms with Crippen molar-refractivity contribution < 1.29 is 17.6 Å². The molecule has 4 aromatic rings. The van der Waals surface area contributed by atoms with Crippen molar-refractivity contribution in [2.75, 3.05) is 4.72 Å². The van der Waals surface area contributed by atoms with Gasteiger partial charge in [-0.15, -0.1) is 0 Å². The Hall–Kier alpha value is -3.65. The number of nitrogens with zero attached hydrogens (tertiary/aromatic N) is 2. The van der Waals surface area contributed by atoms with Gasteiger partial charge in [0, 0.05) is 36.5 Å². The van der Waals surface area contributed by atoms with Gasteiger partial charge in [0.2, 0.25) is 5.91 Å². The number of sulfonamides is 1. The van der Waals surface area contributed by atoms with E-state index in [1.54, 1.807) is 41.3 Å². The van der Waals surface area contributed by atoms with Gasteiger partial charge in [-0.1, -0.05) is 48.0 Å². The molecule has 8 heteroatoms. The van der Waals surface area contributed by atoms with Crippen molar-refractivity contribution in [3.63, 3.8) is 0 Å². The normalized spacial score (nSPS) is 16.3. The second kappa shape index (κ2) is 8.85. The number of aromatic nitrogens is 1. The molecule has 180 valence electrons. The topological polar surface area (TPSA) is 71.4 Å². The molecule has 3 aromatic carbocycles. The minimum Gasteiger partial charge on any atom is -0.331 e. The molecule has 2 heterocycles. The number of nitrogens with one attached hydrogen (secondary N) is 1. The van der Waals surface area contributed by atoms with Crippen LogP contribution in [-0.4, -0.2) is 23.8 Å². The number of amides is 1. The van der Waals surface area contributed by atoms with Crippen LogP contribution in [0, 0.1) is 12.7 Å². The minimum absolute atomic E-state index is 0.0143. The fourth-order valence-electron chi connectivity index (χ4n) is 4.81. The average Bonchev–Trinajstić information content (AvgIpc) is 3.32. The van der Waals surface area contributed by atoms with Crippen LogP contribution in [0.5, 0.6) is 0 Å². The predicted molar refractivity (Wildman–Crippen MR) is 134 cm³/mol. The molecule has 1 fully saturated rings. The van der Waals surface area contributed by atoms with E-state index in [0.29, 0.717) is 25.2 Å². The summed E-state index contributed by atoms with van der Waals surface area (Å²) in [5, 5.41) is 0.889. The first-order chi connectivity index (χ1) is 16.7. The summed E-state index contributed by atoms with van der Waals surface area (Å²) in [6.45, 7) is 2.22. The number of hydrogen-bond donors (Lipinski definition) is 1. The molecular formula is C27H26FN3O3S. The SMILES string of the molecule is Cc1ccc(S(=O)(=O)Nc2c([C@H]3CCC(=O)N3Cc3ccc(F)cc3)c3ccccc3n2C)cc1. The number of hydrogen-bond acceptors (Lipinski definition) is 3. The summed E-state index contributed by atoms with van der Waals surface area (Å²) >= 11 is 0. The monoisotopic (exact) mass is 491 g/mol. The highest BCUT2D eigenvalue weighted by atomic mass is 32.2. The van der Waals surface area contributed by atoms with Gasteiger partial charge in [-0.05, 0) is 49.2 Å². The number of carbonyl (C=O) groups is 1. The lowest BCUT2D eigenvalue weighted by Gasteiger charge is -2.26. The van der Waals surface area contributed by atoms with Crippen molar-refractivity contribution in [2.24, 2.45) is 7.05 Å². The van der Waals surface area contributed by atoms with Crippen LogP contribution >= 0.6 is 0 Å². The maximum Gasteiger partial charge on any atom is 0.263 e. The van der Waals surface area contributed by atoms with E-state index in [-0.39, 0.29) is 22.7 Å². The summed E-state index contributed by atoms with van der Waals surface area (Å²) < 4.78 is 44.7. The number of carbonyl (C=O) groups excluding carboxylic acids is 1.